The highest BCUT2D eigenvalue weighted by atomic mass is 19.1. The lowest BCUT2D eigenvalue weighted by molar-refractivity contribution is 0.0600. The van der Waals surface area contributed by atoms with E-state index in [2.05, 4.69) is 6.92 Å². The molecule has 0 amide bonds. The van der Waals surface area contributed by atoms with Gasteiger partial charge in [-0.15, -0.1) is 0 Å². The molecule has 2 rings (SSSR count). The van der Waals surface area contributed by atoms with Crippen LogP contribution >= 0.6 is 0 Å². The number of carbonyl (C=O) groups excluding carboxylic acids is 1. The van der Waals surface area contributed by atoms with Gasteiger partial charge in [0.1, 0.15) is 5.82 Å². The first-order valence-corrected chi connectivity index (χ1v) is 6.62. The van der Waals surface area contributed by atoms with Gasteiger partial charge in [-0.1, -0.05) is 31.5 Å². The summed E-state index contributed by atoms with van der Waals surface area (Å²) < 4.78 is 17.8. The van der Waals surface area contributed by atoms with Gasteiger partial charge in [-0.2, -0.15) is 0 Å². The summed E-state index contributed by atoms with van der Waals surface area (Å²) in [4.78, 5) is 11.7. The number of carbonyl (C=O) groups is 1. The van der Waals surface area contributed by atoms with Gasteiger partial charge in [0.05, 0.1) is 12.7 Å². The van der Waals surface area contributed by atoms with Crippen molar-refractivity contribution >= 4 is 5.97 Å². The van der Waals surface area contributed by atoms with E-state index in [9.17, 15) is 9.18 Å². The highest BCUT2D eigenvalue weighted by molar-refractivity contribution is 5.91. The fourth-order valence-electron chi connectivity index (χ4n) is 2.17. The third-order valence-electron chi connectivity index (χ3n) is 3.13. The Morgan fingerprint density at radius 1 is 1.10 bits per heavy atom. The second-order valence-electron chi connectivity index (χ2n) is 4.67. The first-order valence-electron chi connectivity index (χ1n) is 6.62. The van der Waals surface area contributed by atoms with E-state index in [1.165, 1.54) is 19.2 Å². The van der Waals surface area contributed by atoms with Crippen LogP contribution in [0.1, 0.15) is 29.3 Å². The van der Waals surface area contributed by atoms with Crippen LogP contribution in [0.25, 0.3) is 11.1 Å². The Labute approximate surface area is 118 Å². The summed E-state index contributed by atoms with van der Waals surface area (Å²) in [6, 6.07) is 11.9. The van der Waals surface area contributed by atoms with Crippen molar-refractivity contribution in [1.29, 1.82) is 0 Å². The zero-order chi connectivity index (χ0) is 14.5. The molecule has 0 aromatic heterocycles. The molecule has 0 fully saturated rings. The molecule has 0 aliphatic rings. The predicted molar refractivity (Wildman–Crippen MR) is 77.2 cm³/mol. The zero-order valence-corrected chi connectivity index (χ0v) is 11.7. The maximum absolute atomic E-state index is 13.0. The van der Waals surface area contributed by atoms with Crippen molar-refractivity contribution in [2.24, 2.45) is 0 Å². The Bertz CT molecular complexity index is 603. The number of benzene rings is 2. The summed E-state index contributed by atoms with van der Waals surface area (Å²) in [6.45, 7) is 2.09. The quantitative estimate of drug-likeness (QED) is 0.778. The summed E-state index contributed by atoms with van der Waals surface area (Å²) in [5.74, 6) is -0.627. The number of hydrogen-bond donors (Lipinski definition) is 0. The average molecular weight is 272 g/mol. The molecule has 2 aromatic rings. The first kappa shape index (κ1) is 14.3. The smallest absolute Gasteiger partial charge is 0.337 e. The van der Waals surface area contributed by atoms with Gasteiger partial charge in [0.25, 0.3) is 0 Å². The lowest BCUT2D eigenvalue weighted by atomic mass is 9.98. The van der Waals surface area contributed by atoms with Crippen molar-refractivity contribution in [3.05, 3.63) is 59.4 Å². The molecule has 2 nitrogen and oxygen atoms in total. The monoisotopic (exact) mass is 272 g/mol. The fraction of sp³-hybridized carbons (Fsp3) is 0.235. The zero-order valence-electron chi connectivity index (χ0n) is 11.7. The van der Waals surface area contributed by atoms with E-state index >= 15 is 0 Å². The molecule has 0 aliphatic heterocycles. The van der Waals surface area contributed by atoms with Crippen LogP contribution in [0.2, 0.25) is 0 Å². The van der Waals surface area contributed by atoms with Crippen molar-refractivity contribution in [2.45, 2.75) is 19.8 Å². The lowest BCUT2D eigenvalue weighted by Crippen LogP contribution is -2.02. The van der Waals surface area contributed by atoms with Crippen LogP contribution in [0.15, 0.2) is 42.5 Å². The molecule has 0 spiro atoms. The highest BCUT2D eigenvalue weighted by Crippen LogP contribution is 2.24. The van der Waals surface area contributed by atoms with Gasteiger partial charge in [0.15, 0.2) is 0 Å². The van der Waals surface area contributed by atoms with E-state index in [1.54, 1.807) is 18.2 Å². The third-order valence-corrected chi connectivity index (χ3v) is 3.13. The van der Waals surface area contributed by atoms with Crippen molar-refractivity contribution in [1.82, 2.24) is 0 Å². The number of methoxy groups -OCH3 is 1. The van der Waals surface area contributed by atoms with Crippen LogP contribution in [0.3, 0.4) is 0 Å². The Hall–Kier alpha value is -2.16. The van der Waals surface area contributed by atoms with Crippen molar-refractivity contribution in [3.63, 3.8) is 0 Å². The normalized spacial score (nSPS) is 10.3. The number of halogens is 1. The minimum Gasteiger partial charge on any atom is -0.465 e. The molecule has 0 aliphatic carbocycles. The molecule has 0 saturated carbocycles. The minimum absolute atomic E-state index is 0.272. The molecular weight excluding hydrogens is 255 g/mol. The van der Waals surface area contributed by atoms with Crippen LogP contribution in [0.4, 0.5) is 4.39 Å². The first-order chi connectivity index (χ1) is 9.63. The molecule has 0 unspecified atom stereocenters. The van der Waals surface area contributed by atoms with Gasteiger partial charge in [0, 0.05) is 0 Å². The molecule has 20 heavy (non-hydrogen) atoms. The Kier molecular flexibility index (Phi) is 4.51. The van der Waals surface area contributed by atoms with Gasteiger partial charge in [-0.3, -0.25) is 0 Å². The lowest BCUT2D eigenvalue weighted by Gasteiger charge is -2.09. The molecule has 0 saturated heterocycles. The maximum atomic E-state index is 13.0. The van der Waals surface area contributed by atoms with E-state index < -0.39 is 0 Å². The number of rotatable bonds is 4. The fourth-order valence-corrected chi connectivity index (χ4v) is 2.17. The van der Waals surface area contributed by atoms with Gasteiger partial charge in [-0.05, 0) is 47.4 Å². The summed E-state index contributed by atoms with van der Waals surface area (Å²) in [5.41, 5.74) is 3.39. The molecule has 0 atom stereocenters. The third kappa shape index (κ3) is 3.23. The van der Waals surface area contributed by atoms with Crippen LogP contribution in [0, 0.1) is 5.82 Å². The molecule has 0 N–H and O–H groups in total. The summed E-state index contributed by atoms with van der Waals surface area (Å²) in [7, 11) is 1.37. The number of hydrogen-bond acceptors (Lipinski definition) is 2. The summed E-state index contributed by atoms with van der Waals surface area (Å²) in [5, 5.41) is 0. The average Bonchev–Trinajstić information content (AvgIpc) is 2.47. The second-order valence-corrected chi connectivity index (χ2v) is 4.67. The number of aryl methyl sites for hydroxylation is 1. The van der Waals surface area contributed by atoms with Crippen LogP contribution < -0.4 is 0 Å². The molecule has 3 heteroatoms. The van der Waals surface area contributed by atoms with Gasteiger partial charge in [-0.25, -0.2) is 9.18 Å². The van der Waals surface area contributed by atoms with E-state index in [-0.39, 0.29) is 11.8 Å². The number of esters is 1. The second kappa shape index (κ2) is 6.33. The Balaban J connectivity index is 2.48. The molecule has 0 bridgehead atoms. The van der Waals surface area contributed by atoms with Crippen LogP contribution in [-0.4, -0.2) is 13.1 Å². The predicted octanol–water partition coefficient (Wildman–Crippen LogP) is 4.23. The van der Waals surface area contributed by atoms with Gasteiger partial charge >= 0.3 is 5.97 Å². The summed E-state index contributed by atoms with van der Waals surface area (Å²) in [6.07, 6.45) is 1.88. The van der Waals surface area contributed by atoms with Crippen LogP contribution in [0.5, 0.6) is 0 Å². The highest BCUT2D eigenvalue weighted by Gasteiger charge is 2.10. The van der Waals surface area contributed by atoms with Crippen molar-refractivity contribution in [2.75, 3.05) is 7.11 Å². The van der Waals surface area contributed by atoms with E-state index in [0.717, 1.165) is 29.5 Å². The largest absolute Gasteiger partial charge is 0.465 e. The maximum Gasteiger partial charge on any atom is 0.337 e. The van der Waals surface area contributed by atoms with Crippen molar-refractivity contribution in [3.8, 4) is 11.1 Å². The van der Waals surface area contributed by atoms with E-state index in [0.29, 0.717) is 5.56 Å². The molecule has 0 radical (unpaired) electrons. The Morgan fingerprint density at radius 2 is 1.80 bits per heavy atom. The molecular formula is C17H17FO2. The Morgan fingerprint density at radius 3 is 2.40 bits per heavy atom. The molecule has 2 aromatic carbocycles. The van der Waals surface area contributed by atoms with E-state index in [1.807, 2.05) is 12.1 Å². The van der Waals surface area contributed by atoms with Gasteiger partial charge in [0.2, 0.25) is 0 Å². The SMILES string of the molecule is CCCc1cc(C(=O)OC)cc(-c2ccc(F)cc2)c1. The van der Waals surface area contributed by atoms with Crippen molar-refractivity contribution < 1.29 is 13.9 Å². The summed E-state index contributed by atoms with van der Waals surface area (Å²) >= 11 is 0. The molecule has 104 valence electrons. The van der Waals surface area contributed by atoms with Crippen LogP contribution in [-0.2, 0) is 11.2 Å². The minimum atomic E-state index is -0.355. The van der Waals surface area contributed by atoms with Gasteiger partial charge < -0.3 is 4.74 Å². The topological polar surface area (TPSA) is 26.3 Å². The molecule has 0 heterocycles. The van der Waals surface area contributed by atoms with E-state index in [4.69, 9.17) is 4.74 Å². The standard InChI is InChI=1S/C17H17FO2/c1-3-4-12-9-14(11-15(10-12)17(19)20-2)13-5-7-16(18)8-6-13/h5-11H,3-4H2,1-2H3. The number of ether oxygens (including phenoxy) is 1.